The van der Waals surface area contributed by atoms with Gasteiger partial charge in [-0.05, 0) is 36.6 Å². The minimum atomic E-state index is -3.46. The minimum absolute atomic E-state index is 0.147. The standard InChI is InChI=1S/C14H23NO3S/c1-3-4-5-6-9-15-19(17,18)14-8-7-12(2)13(10-14)11-16/h7-8,10,15-16H,3-6,9,11H2,1-2H3. The maximum Gasteiger partial charge on any atom is 0.240 e. The molecule has 0 aromatic heterocycles. The molecule has 5 heteroatoms. The Kier molecular flexibility index (Phi) is 6.48. The number of hydrogen-bond donors (Lipinski definition) is 2. The Balaban J connectivity index is 2.67. The number of sulfonamides is 1. The summed E-state index contributed by atoms with van der Waals surface area (Å²) in [4.78, 5) is 0.220. The van der Waals surface area contributed by atoms with Gasteiger partial charge in [-0.2, -0.15) is 0 Å². The quantitative estimate of drug-likeness (QED) is 0.721. The summed E-state index contributed by atoms with van der Waals surface area (Å²) in [5.74, 6) is 0. The second-order valence-corrected chi connectivity index (χ2v) is 6.47. The molecule has 0 amide bonds. The number of hydrogen-bond acceptors (Lipinski definition) is 3. The number of rotatable bonds is 8. The van der Waals surface area contributed by atoms with E-state index in [1.807, 2.05) is 6.92 Å². The number of aliphatic hydroxyl groups excluding tert-OH is 1. The Labute approximate surface area is 115 Å². The zero-order valence-corrected chi connectivity index (χ0v) is 12.5. The van der Waals surface area contributed by atoms with Crippen molar-refractivity contribution >= 4 is 10.0 Å². The SMILES string of the molecule is CCCCCCNS(=O)(=O)c1ccc(C)c(CO)c1. The van der Waals surface area contributed by atoms with Gasteiger partial charge in [-0.3, -0.25) is 0 Å². The topological polar surface area (TPSA) is 66.4 Å². The lowest BCUT2D eigenvalue weighted by molar-refractivity contribution is 0.280. The molecule has 0 bridgehead atoms. The fourth-order valence-electron chi connectivity index (χ4n) is 1.83. The summed E-state index contributed by atoms with van der Waals surface area (Å²) in [6, 6.07) is 4.82. The molecular formula is C14H23NO3S. The van der Waals surface area contributed by atoms with Gasteiger partial charge in [-0.1, -0.05) is 32.3 Å². The molecule has 0 aliphatic heterocycles. The van der Waals surface area contributed by atoms with Crippen molar-refractivity contribution in [1.29, 1.82) is 0 Å². The number of benzene rings is 1. The van der Waals surface area contributed by atoms with E-state index in [1.54, 1.807) is 12.1 Å². The van der Waals surface area contributed by atoms with Crippen molar-refractivity contribution in [2.75, 3.05) is 6.54 Å². The number of aliphatic hydroxyl groups is 1. The van der Waals surface area contributed by atoms with Crippen LogP contribution in [-0.4, -0.2) is 20.1 Å². The highest BCUT2D eigenvalue weighted by molar-refractivity contribution is 7.89. The van der Waals surface area contributed by atoms with Crippen molar-refractivity contribution in [2.24, 2.45) is 0 Å². The summed E-state index contributed by atoms with van der Waals surface area (Å²) in [7, 11) is -3.46. The fourth-order valence-corrected chi connectivity index (χ4v) is 2.95. The normalized spacial score (nSPS) is 11.7. The zero-order valence-electron chi connectivity index (χ0n) is 11.6. The van der Waals surface area contributed by atoms with Crippen LogP contribution >= 0.6 is 0 Å². The van der Waals surface area contributed by atoms with Crippen molar-refractivity contribution in [2.45, 2.75) is 51.0 Å². The second-order valence-electron chi connectivity index (χ2n) is 4.70. The van der Waals surface area contributed by atoms with E-state index in [9.17, 15) is 8.42 Å². The lowest BCUT2D eigenvalue weighted by atomic mass is 10.1. The minimum Gasteiger partial charge on any atom is -0.392 e. The van der Waals surface area contributed by atoms with E-state index in [0.29, 0.717) is 12.1 Å². The van der Waals surface area contributed by atoms with E-state index < -0.39 is 10.0 Å². The Morgan fingerprint density at radius 1 is 1.21 bits per heavy atom. The van der Waals surface area contributed by atoms with E-state index in [2.05, 4.69) is 11.6 Å². The maximum absolute atomic E-state index is 12.1. The molecule has 0 heterocycles. The van der Waals surface area contributed by atoms with Gasteiger partial charge in [0.25, 0.3) is 0 Å². The third-order valence-corrected chi connectivity index (χ3v) is 4.58. The molecule has 0 unspecified atom stereocenters. The van der Waals surface area contributed by atoms with Crippen molar-refractivity contribution in [1.82, 2.24) is 4.72 Å². The number of unbranched alkanes of at least 4 members (excludes halogenated alkanes) is 3. The zero-order chi connectivity index (χ0) is 14.3. The van der Waals surface area contributed by atoms with Gasteiger partial charge in [-0.25, -0.2) is 13.1 Å². The molecule has 0 atom stereocenters. The van der Waals surface area contributed by atoms with Crippen LogP contribution in [0.1, 0.15) is 43.7 Å². The summed E-state index contributed by atoms with van der Waals surface area (Å²) in [5.41, 5.74) is 1.54. The lowest BCUT2D eigenvalue weighted by Crippen LogP contribution is -2.25. The van der Waals surface area contributed by atoms with E-state index in [0.717, 1.165) is 31.2 Å². The molecule has 108 valence electrons. The summed E-state index contributed by atoms with van der Waals surface area (Å²) >= 11 is 0. The molecular weight excluding hydrogens is 262 g/mol. The molecule has 4 nitrogen and oxygen atoms in total. The molecule has 0 saturated carbocycles. The van der Waals surface area contributed by atoms with Crippen LogP contribution < -0.4 is 4.72 Å². The molecule has 0 fully saturated rings. The first kappa shape index (κ1) is 16.1. The summed E-state index contributed by atoms with van der Waals surface area (Å²) in [6.07, 6.45) is 4.14. The van der Waals surface area contributed by atoms with E-state index >= 15 is 0 Å². The highest BCUT2D eigenvalue weighted by Gasteiger charge is 2.14. The van der Waals surface area contributed by atoms with Gasteiger partial charge in [0.15, 0.2) is 0 Å². The van der Waals surface area contributed by atoms with Crippen LogP contribution in [0.25, 0.3) is 0 Å². The lowest BCUT2D eigenvalue weighted by Gasteiger charge is -2.09. The van der Waals surface area contributed by atoms with E-state index in [4.69, 9.17) is 5.11 Å². The highest BCUT2D eigenvalue weighted by Crippen LogP contribution is 2.15. The van der Waals surface area contributed by atoms with Crippen molar-refractivity contribution in [3.05, 3.63) is 29.3 Å². The Morgan fingerprint density at radius 2 is 1.95 bits per heavy atom. The van der Waals surface area contributed by atoms with Gasteiger partial charge in [0, 0.05) is 6.54 Å². The Hall–Kier alpha value is -0.910. The van der Waals surface area contributed by atoms with Gasteiger partial charge in [0.1, 0.15) is 0 Å². The molecule has 0 saturated heterocycles. The van der Waals surface area contributed by atoms with Gasteiger partial charge in [0.2, 0.25) is 10.0 Å². The second kappa shape index (κ2) is 7.62. The molecule has 19 heavy (non-hydrogen) atoms. The first-order chi connectivity index (χ1) is 9.01. The van der Waals surface area contributed by atoms with Crippen LogP contribution in [0.2, 0.25) is 0 Å². The summed E-state index contributed by atoms with van der Waals surface area (Å²) in [6.45, 7) is 4.28. The predicted molar refractivity (Wildman–Crippen MR) is 76.4 cm³/mol. The smallest absolute Gasteiger partial charge is 0.240 e. The third kappa shape index (κ3) is 4.93. The van der Waals surface area contributed by atoms with Crippen LogP contribution in [0.15, 0.2) is 23.1 Å². The molecule has 1 rings (SSSR count). The van der Waals surface area contributed by atoms with Crippen molar-refractivity contribution in [3.8, 4) is 0 Å². The Bertz CT molecular complexity index is 497. The van der Waals surface area contributed by atoms with Gasteiger partial charge < -0.3 is 5.11 Å². The van der Waals surface area contributed by atoms with Gasteiger partial charge in [-0.15, -0.1) is 0 Å². The number of aryl methyl sites for hydroxylation is 1. The van der Waals surface area contributed by atoms with Crippen molar-refractivity contribution < 1.29 is 13.5 Å². The molecule has 0 radical (unpaired) electrons. The number of nitrogens with one attached hydrogen (secondary N) is 1. The summed E-state index contributed by atoms with van der Waals surface area (Å²) < 4.78 is 26.7. The van der Waals surface area contributed by atoms with Crippen LogP contribution in [0, 0.1) is 6.92 Å². The molecule has 2 N–H and O–H groups in total. The molecule has 0 aliphatic carbocycles. The monoisotopic (exact) mass is 285 g/mol. The maximum atomic E-state index is 12.1. The third-order valence-electron chi connectivity index (χ3n) is 3.12. The van der Waals surface area contributed by atoms with Gasteiger partial charge in [0.05, 0.1) is 11.5 Å². The van der Waals surface area contributed by atoms with Crippen LogP contribution in [-0.2, 0) is 16.6 Å². The van der Waals surface area contributed by atoms with Crippen LogP contribution in [0.3, 0.4) is 0 Å². The molecule has 0 aliphatic rings. The van der Waals surface area contributed by atoms with Crippen molar-refractivity contribution in [3.63, 3.8) is 0 Å². The predicted octanol–water partition coefficient (Wildman–Crippen LogP) is 2.35. The first-order valence-electron chi connectivity index (χ1n) is 6.71. The average molecular weight is 285 g/mol. The Morgan fingerprint density at radius 3 is 2.58 bits per heavy atom. The summed E-state index contributed by atoms with van der Waals surface area (Å²) in [5, 5.41) is 9.17. The fraction of sp³-hybridized carbons (Fsp3) is 0.571. The molecule has 0 spiro atoms. The molecule has 1 aromatic rings. The van der Waals surface area contributed by atoms with E-state index in [-0.39, 0.29) is 11.5 Å². The highest BCUT2D eigenvalue weighted by atomic mass is 32.2. The molecule has 1 aromatic carbocycles. The van der Waals surface area contributed by atoms with Gasteiger partial charge >= 0.3 is 0 Å². The largest absolute Gasteiger partial charge is 0.392 e. The van der Waals surface area contributed by atoms with E-state index in [1.165, 1.54) is 6.07 Å². The van der Waals surface area contributed by atoms with Crippen LogP contribution in [0.4, 0.5) is 0 Å². The average Bonchev–Trinajstić information content (AvgIpc) is 2.38. The first-order valence-corrected chi connectivity index (χ1v) is 8.19. The van der Waals surface area contributed by atoms with Crippen LogP contribution in [0.5, 0.6) is 0 Å².